The summed E-state index contributed by atoms with van der Waals surface area (Å²) in [7, 11) is -3.39. The van der Waals surface area contributed by atoms with Gasteiger partial charge in [-0.25, -0.2) is 13.1 Å². The summed E-state index contributed by atoms with van der Waals surface area (Å²) in [5.74, 6) is -0.292. The number of aromatic nitrogens is 3. The van der Waals surface area contributed by atoms with Crippen LogP contribution in [0.1, 0.15) is 22.8 Å². The van der Waals surface area contributed by atoms with Gasteiger partial charge in [0, 0.05) is 11.6 Å². The largest absolute Gasteiger partial charge is 0.292 e. The van der Waals surface area contributed by atoms with E-state index < -0.39 is 10.0 Å². The molecule has 9 heteroatoms. The lowest BCUT2D eigenvalue weighted by Crippen LogP contribution is -2.34. The molecule has 0 amide bonds. The summed E-state index contributed by atoms with van der Waals surface area (Å²) >= 11 is 0. The first-order valence-electron chi connectivity index (χ1n) is 8.74. The molecule has 0 saturated heterocycles. The quantitative estimate of drug-likeness (QED) is 0.616. The van der Waals surface area contributed by atoms with E-state index in [-0.39, 0.29) is 23.9 Å². The first-order chi connectivity index (χ1) is 13.3. The number of fused-ring (bicyclic) bond motifs is 2. The number of sulfonamides is 1. The topological polar surface area (TPSA) is 102 Å². The van der Waals surface area contributed by atoms with E-state index in [1.807, 2.05) is 6.92 Å². The SMILES string of the molecule is C[C@@H]1Cc2cc(C(=O)Cn3nnc4ccccc4c3=O)ccc2N1S(C)(=O)=O. The zero-order valence-electron chi connectivity index (χ0n) is 15.4. The third-order valence-corrected chi connectivity index (χ3v) is 6.11. The molecule has 1 aromatic heterocycles. The van der Waals surface area contributed by atoms with Gasteiger partial charge >= 0.3 is 0 Å². The van der Waals surface area contributed by atoms with E-state index in [1.165, 1.54) is 10.6 Å². The van der Waals surface area contributed by atoms with Crippen LogP contribution in [-0.2, 0) is 23.0 Å². The van der Waals surface area contributed by atoms with Crippen LogP contribution in [-0.4, -0.2) is 41.5 Å². The zero-order chi connectivity index (χ0) is 20.1. The van der Waals surface area contributed by atoms with Crippen LogP contribution in [0, 0.1) is 0 Å². The molecular weight excluding hydrogens is 380 g/mol. The highest BCUT2D eigenvalue weighted by atomic mass is 32.2. The molecule has 0 saturated carbocycles. The van der Waals surface area contributed by atoms with Crippen LogP contribution < -0.4 is 9.86 Å². The van der Waals surface area contributed by atoms with Crippen molar-refractivity contribution in [3.63, 3.8) is 0 Å². The summed E-state index contributed by atoms with van der Waals surface area (Å²) in [6, 6.07) is 11.5. The van der Waals surface area contributed by atoms with Crippen molar-refractivity contribution in [2.45, 2.75) is 25.9 Å². The predicted molar refractivity (Wildman–Crippen MR) is 105 cm³/mol. The van der Waals surface area contributed by atoms with E-state index in [9.17, 15) is 18.0 Å². The third kappa shape index (κ3) is 3.07. The van der Waals surface area contributed by atoms with Gasteiger partial charge in [0.25, 0.3) is 5.56 Å². The molecular formula is C19H18N4O4S. The lowest BCUT2D eigenvalue weighted by molar-refractivity contribution is 0.0964. The first kappa shape index (κ1) is 18.3. The second-order valence-corrected chi connectivity index (χ2v) is 8.81. The molecule has 4 rings (SSSR count). The van der Waals surface area contributed by atoms with Gasteiger partial charge in [0.05, 0.1) is 17.3 Å². The van der Waals surface area contributed by atoms with Crippen LogP contribution in [0.3, 0.4) is 0 Å². The molecule has 3 aromatic rings. The van der Waals surface area contributed by atoms with Crippen molar-refractivity contribution >= 4 is 32.4 Å². The molecule has 0 unspecified atom stereocenters. The maximum Gasteiger partial charge on any atom is 0.278 e. The minimum Gasteiger partial charge on any atom is -0.292 e. The Morgan fingerprint density at radius 2 is 1.96 bits per heavy atom. The average molecular weight is 398 g/mol. The van der Waals surface area contributed by atoms with Gasteiger partial charge in [-0.05, 0) is 49.2 Å². The lowest BCUT2D eigenvalue weighted by Gasteiger charge is -2.21. The Balaban J connectivity index is 1.65. The van der Waals surface area contributed by atoms with Gasteiger partial charge in [0.15, 0.2) is 5.78 Å². The van der Waals surface area contributed by atoms with E-state index in [4.69, 9.17) is 0 Å². The zero-order valence-corrected chi connectivity index (χ0v) is 16.2. The van der Waals surface area contributed by atoms with Crippen molar-refractivity contribution in [2.75, 3.05) is 10.6 Å². The Morgan fingerprint density at radius 3 is 2.71 bits per heavy atom. The van der Waals surface area contributed by atoms with Crippen molar-refractivity contribution in [1.29, 1.82) is 0 Å². The monoisotopic (exact) mass is 398 g/mol. The van der Waals surface area contributed by atoms with Crippen molar-refractivity contribution < 1.29 is 13.2 Å². The maximum absolute atomic E-state index is 12.7. The minimum absolute atomic E-state index is 0.204. The molecule has 1 aliphatic heterocycles. The highest BCUT2D eigenvalue weighted by Gasteiger charge is 2.32. The normalized spacial score (nSPS) is 16.4. The Bertz CT molecular complexity index is 1270. The molecule has 0 aliphatic carbocycles. The van der Waals surface area contributed by atoms with Gasteiger partial charge < -0.3 is 0 Å². The molecule has 0 bridgehead atoms. The minimum atomic E-state index is -3.39. The molecule has 8 nitrogen and oxygen atoms in total. The van der Waals surface area contributed by atoms with E-state index in [2.05, 4.69) is 10.3 Å². The second-order valence-electron chi connectivity index (χ2n) is 6.95. The molecule has 0 radical (unpaired) electrons. The smallest absolute Gasteiger partial charge is 0.278 e. The molecule has 1 atom stereocenters. The first-order valence-corrected chi connectivity index (χ1v) is 10.6. The fourth-order valence-corrected chi connectivity index (χ4v) is 4.90. The van der Waals surface area contributed by atoms with Gasteiger partial charge in [0.2, 0.25) is 10.0 Å². The van der Waals surface area contributed by atoms with Crippen LogP contribution in [0.5, 0.6) is 0 Å². The molecule has 0 N–H and O–H groups in total. The highest BCUT2D eigenvalue weighted by Crippen LogP contribution is 2.34. The fourth-order valence-electron chi connectivity index (χ4n) is 3.64. The van der Waals surface area contributed by atoms with E-state index in [0.29, 0.717) is 28.6 Å². The summed E-state index contributed by atoms with van der Waals surface area (Å²) < 4.78 is 26.4. The predicted octanol–water partition coefficient (Wildman–Crippen LogP) is 1.39. The summed E-state index contributed by atoms with van der Waals surface area (Å²) in [5.41, 5.74) is 1.89. The van der Waals surface area contributed by atoms with Crippen LogP contribution in [0.15, 0.2) is 47.3 Å². The molecule has 28 heavy (non-hydrogen) atoms. The van der Waals surface area contributed by atoms with Gasteiger partial charge in [-0.3, -0.25) is 13.9 Å². The van der Waals surface area contributed by atoms with E-state index in [0.717, 1.165) is 10.2 Å². The standard InChI is InChI=1S/C19H18N4O4S/c1-12-9-14-10-13(7-8-17(14)23(12)28(2,26)27)18(24)11-22-19(25)15-5-3-4-6-16(15)20-21-22/h3-8,10,12H,9,11H2,1-2H3/t12-/m1/s1. The Hall–Kier alpha value is -3.07. The number of nitrogens with zero attached hydrogens (tertiary/aromatic N) is 4. The number of hydrogen-bond acceptors (Lipinski definition) is 6. The number of Topliss-reactive ketones (excluding diaryl/α,β-unsaturated/α-hetero) is 1. The Labute approximate surface area is 161 Å². The average Bonchev–Trinajstić information content (AvgIpc) is 2.99. The summed E-state index contributed by atoms with van der Waals surface area (Å²) in [4.78, 5) is 25.2. The van der Waals surface area contributed by atoms with Crippen molar-refractivity contribution in [1.82, 2.24) is 15.0 Å². The molecule has 2 aromatic carbocycles. The number of rotatable bonds is 4. The van der Waals surface area contributed by atoms with Crippen LogP contribution in [0.25, 0.3) is 10.9 Å². The van der Waals surface area contributed by atoms with Crippen molar-refractivity contribution in [2.24, 2.45) is 0 Å². The van der Waals surface area contributed by atoms with Crippen LogP contribution in [0.2, 0.25) is 0 Å². The summed E-state index contributed by atoms with van der Waals surface area (Å²) in [6.07, 6.45) is 1.70. The molecule has 2 heterocycles. The summed E-state index contributed by atoms with van der Waals surface area (Å²) in [5, 5.41) is 8.23. The van der Waals surface area contributed by atoms with Gasteiger partial charge in [0.1, 0.15) is 12.1 Å². The van der Waals surface area contributed by atoms with Crippen molar-refractivity contribution in [3.8, 4) is 0 Å². The third-order valence-electron chi connectivity index (χ3n) is 4.83. The number of ketones is 1. The van der Waals surface area contributed by atoms with Gasteiger partial charge in [-0.15, -0.1) is 5.10 Å². The second kappa shape index (κ2) is 6.52. The number of benzene rings is 2. The Kier molecular flexibility index (Phi) is 4.26. The maximum atomic E-state index is 12.7. The number of hydrogen-bond donors (Lipinski definition) is 0. The number of anilines is 1. The lowest BCUT2D eigenvalue weighted by atomic mass is 10.0. The molecule has 0 spiro atoms. The van der Waals surface area contributed by atoms with Crippen LogP contribution >= 0.6 is 0 Å². The van der Waals surface area contributed by atoms with Crippen LogP contribution in [0.4, 0.5) is 5.69 Å². The fraction of sp³-hybridized carbons (Fsp3) is 0.263. The molecule has 1 aliphatic rings. The molecule has 0 fully saturated rings. The summed E-state index contributed by atoms with van der Waals surface area (Å²) in [6.45, 7) is 1.59. The van der Waals surface area contributed by atoms with Gasteiger partial charge in [-0.1, -0.05) is 17.3 Å². The van der Waals surface area contributed by atoms with Crippen molar-refractivity contribution in [3.05, 3.63) is 63.9 Å². The number of carbonyl (C=O) groups excluding carboxylic acids is 1. The van der Waals surface area contributed by atoms with Gasteiger partial charge in [-0.2, -0.15) is 0 Å². The van der Waals surface area contributed by atoms with E-state index >= 15 is 0 Å². The van der Waals surface area contributed by atoms with E-state index in [1.54, 1.807) is 42.5 Å². The molecule has 144 valence electrons. The Morgan fingerprint density at radius 1 is 1.21 bits per heavy atom. The number of carbonyl (C=O) groups is 1. The highest BCUT2D eigenvalue weighted by molar-refractivity contribution is 7.92.